The highest BCUT2D eigenvalue weighted by atomic mass is 19.1. The van der Waals surface area contributed by atoms with E-state index < -0.39 is 23.5 Å². The summed E-state index contributed by atoms with van der Waals surface area (Å²) in [5.41, 5.74) is 1.14. The fourth-order valence-electron chi connectivity index (χ4n) is 3.85. The first kappa shape index (κ1) is 22.7. The number of alkyl carbamates (subject to hydrolysis) is 1. The molecule has 2 unspecified atom stereocenters. The number of likely N-dealkylation sites (tertiary alicyclic amines) is 1. The molecule has 1 aliphatic rings. The van der Waals surface area contributed by atoms with Gasteiger partial charge in [-0.05, 0) is 50.1 Å². The molecule has 0 bridgehead atoms. The number of amides is 1. The molecule has 166 valence electrons. The molecule has 0 spiro atoms. The average Bonchev–Trinajstić information content (AvgIpc) is 3.08. The van der Waals surface area contributed by atoms with Gasteiger partial charge in [-0.15, -0.1) is 0 Å². The molecule has 1 aliphatic heterocycles. The van der Waals surface area contributed by atoms with E-state index in [-0.39, 0.29) is 17.5 Å². The first-order valence-electron chi connectivity index (χ1n) is 10.3. The monoisotopic (exact) mass is 428 g/mol. The molecule has 2 atom stereocenters. The van der Waals surface area contributed by atoms with Gasteiger partial charge in [-0.25, -0.2) is 14.0 Å². The molecule has 3 rings (SSSR count). The van der Waals surface area contributed by atoms with Crippen LogP contribution in [-0.4, -0.2) is 48.8 Å². The molecule has 31 heavy (non-hydrogen) atoms. The molecule has 0 aromatic heterocycles. The van der Waals surface area contributed by atoms with Crippen molar-refractivity contribution >= 4 is 12.1 Å². The Morgan fingerprint density at radius 3 is 2.48 bits per heavy atom. The van der Waals surface area contributed by atoms with Gasteiger partial charge in [0.05, 0.1) is 18.7 Å². The van der Waals surface area contributed by atoms with Crippen molar-refractivity contribution in [3.8, 4) is 0 Å². The van der Waals surface area contributed by atoms with Gasteiger partial charge in [0, 0.05) is 25.6 Å². The van der Waals surface area contributed by atoms with Crippen LogP contribution < -0.4 is 5.32 Å². The Bertz CT molecular complexity index is 927. The number of carbonyl (C=O) groups is 2. The zero-order valence-electron chi connectivity index (χ0n) is 18.4. The Morgan fingerprint density at radius 2 is 1.84 bits per heavy atom. The van der Waals surface area contributed by atoms with E-state index >= 15 is 0 Å². The number of benzene rings is 2. The summed E-state index contributed by atoms with van der Waals surface area (Å²) in [5.74, 6) is -1.30. The smallest absolute Gasteiger partial charge is 0.407 e. The van der Waals surface area contributed by atoms with Gasteiger partial charge in [0.1, 0.15) is 11.4 Å². The largest absolute Gasteiger partial charge is 0.465 e. The van der Waals surface area contributed by atoms with E-state index in [2.05, 4.69) is 10.2 Å². The second-order valence-electron chi connectivity index (χ2n) is 8.77. The molecular formula is C24H29FN2O4. The number of ether oxygens (including phenoxy) is 2. The van der Waals surface area contributed by atoms with Crippen molar-refractivity contribution in [1.29, 1.82) is 0 Å². The lowest BCUT2D eigenvalue weighted by Crippen LogP contribution is -2.42. The second kappa shape index (κ2) is 9.47. The highest BCUT2D eigenvalue weighted by Gasteiger charge is 2.37. The minimum atomic E-state index is -0.641. The summed E-state index contributed by atoms with van der Waals surface area (Å²) >= 11 is 0. The number of esters is 1. The standard InChI is InChI=1S/C24H29FN2O4/c1-24(2,3)31-23(29)26-21-15-27(13-16-8-6-5-7-9-16)14-19(21)18-12-17(22(28)30-4)10-11-20(18)25/h5-12,19,21H,13-15H2,1-4H3,(H,26,29). The zero-order chi connectivity index (χ0) is 22.6. The molecular weight excluding hydrogens is 399 g/mol. The van der Waals surface area contributed by atoms with Crippen molar-refractivity contribution < 1.29 is 23.5 Å². The molecule has 1 saturated heterocycles. The summed E-state index contributed by atoms with van der Waals surface area (Å²) < 4.78 is 25.0. The Balaban J connectivity index is 1.86. The van der Waals surface area contributed by atoms with Crippen LogP contribution in [0.2, 0.25) is 0 Å². The summed E-state index contributed by atoms with van der Waals surface area (Å²) in [6.45, 7) is 7.10. The van der Waals surface area contributed by atoms with Crippen molar-refractivity contribution in [2.45, 2.75) is 44.9 Å². The summed E-state index contributed by atoms with van der Waals surface area (Å²) in [4.78, 5) is 26.6. The molecule has 0 saturated carbocycles. The number of nitrogens with one attached hydrogen (secondary N) is 1. The quantitative estimate of drug-likeness (QED) is 0.726. The van der Waals surface area contributed by atoms with E-state index in [1.807, 2.05) is 30.3 Å². The van der Waals surface area contributed by atoms with Crippen LogP contribution in [0.1, 0.15) is 48.2 Å². The Morgan fingerprint density at radius 1 is 1.13 bits per heavy atom. The Kier molecular flexibility index (Phi) is 6.95. The third-order valence-electron chi connectivity index (χ3n) is 5.16. The van der Waals surface area contributed by atoms with E-state index in [1.165, 1.54) is 25.3 Å². The lowest BCUT2D eigenvalue weighted by molar-refractivity contribution is 0.0500. The van der Waals surface area contributed by atoms with Gasteiger partial charge in [0.15, 0.2) is 0 Å². The van der Waals surface area contributed by atoms with E-state index in [9.17, 15) is 14.0 Å². The maximum absolute atomic E-state index is 14.8. The van der Waals surface area contributed by atoms with Crippen LogP contribution in [-0.2, 0) is 16.0 Å². The van der Waals surface area contributed by atoms with E-state index in [0.717, 1.165) is 5.56 Å². The highest BCUT2D eigenvalue weighted by Crippen LogP contribution is 2.31. The van der Waals surface area contributed by atoms with Crippen LogP contribution >= 0.6 is 0 Å². The fraction of sp³-hybridized carbons (Fsp3) is 0.417. The molecule has 0 radical (unpaired) electrons. The molecule has 1 amide bonds. The maximum atomic E-state index is 14.8. The van der Waals surface area contributed by atoms with E-state index in [0.29, 0.717) is 25.2 Å². The van der Waals surface area contributed by atoms with Crippen molar-refractivity contribution in [2.75, 3.05) is 20.2 Å². The summed E-state index contributed by atoms with van der Waals surface area (Å²) in [5, 5.41) is 2.90. The third-order valence-corrected chi connectivity index (χ3v) is 5.16. The van der Waals surface area contributed by atoms with Crippen LogP contribution in [0.3, 0.4) is 0 Å². The van der Waals surface area contributed by atoms with E-state index in [1.54, 1.807) is 20.8 Å². The fourth-order valence-corrected chi connectivity index (χ4v) is 3.85. The van der Waals surface area contributed by atoms with Gasteiger partial charge >= 0.3 is 12.1 Å². The molecule has 1 fully saturated rings. The van der Waals surface area contributed by atoms with Gasteiger partial charge in [-0.3, -0.25) is 4.90 Å². The van der Waals surface area contributed by atoms with Crippen molar-refractivity contribution in [3.05, 3.63) is 71.0 Å². The zero-order valence-corrected chi connectivity index (χ0v) is 18.4. The highest BCUT2D eigenvalue weighted by molar-refractivity contribution is 5.89. The molecule has 2 aromatic carbocycles. The number of rotatable bonds is 5. The second-order valence-corrected chi connectivity index (χ2v) is 8.77. The summed E-state index contributed by atoms with van der Waals surface area (Å²) in [6, 6.07) is 13.8. The predicted molar refractivity (Wildman–Crippen MR) is 115 cm³/mol. The minimum absolute atomic E-state index is 0.274. The molecule has 0 aliphatic carbocycles. The van der Waals surface area contributed by atoms with Crippen LogP contribution in [0.25, 0.3) is 0 Å². The lowest BCUT2D eigenvalue weighted by Gasteiger charge is -2.24. The van der Waals surface area contributed by atoms with Gasteiger partial charge in [0.2, 0.25) is 0 Å². The maximum Gasteiger partial charge on any atom is 0.407 e. The molecule has 7 heteroatoms. The predicted octanol–water partition coefficient (Wildman–Crippen LogP) is 4.11. The normalized spacial score (nSPS) is 19.1. The molecule has 6 nitrogen and oxygen atoms in total. The third kappa shape index (κ3) is 6.04. The lowest BCUT2D eigenvalue weighted by atomic mass is 9.92. The van der Waals surface area contributed by atoms with Gasteiger partial charge in [-0.2, -0.15) is 0 Å². The number of hydrogen-bond acceptors (Lipinski definition) is 5. The van der Waals surface area contributed by atoms with Gasteiger partial charge < -0.3 is 14.8 Å². The van der Waals surface area contributed by atoms with Crippen LogP contribution in [0.4, 0.5) is 9.18 Å². The SMILES string of the molecule is COC(=O)c1ccc(F)c(C2CN(Cc3ccccc3)CC2NC(=O)OC(C)(C)C)c1. The summed E-state index contributed by atoms with van der Waals surface area (Å²) in [6.07, 6.45) is -0.548. The summed E-state index contributed by atoms with van der Waals surface area (Å²) in [7, 11) is 1.29. The number of carbonyl (C=O) groups excluding carboxylic acids is 2. The van der Waals surface area contributed by atoms with Crippen molar-refractivity contribution in [2.24, 2.45) is 0 Å². The molecule has 1 heterocycles. The number of hydrogen-bond donors (Lipinski definition) is 1. The van der Waals surface area contributed by atoms with Gasteiger partial charge in [-0.1, -0.05) is 30.3 Å². The average molecular weight is 429 g/mol. The number of methoxy groups -OCH3 is 1. The van der Waals surface area contributed by atoms with Crippen molar-refractivity contribution in [3.63, 3.8) is 0 Å². The molecule has 2 aromatic rings. The van der Waals surface area contributed by atoms with Crippen molar-refractivity contribution in [1.82, 2.24) is 10.2 Å². The van der Waals surface area contributed by atoms with Crippen LogP contribution in [0, 0.1) is 5.82 Å². The Hall–Kier alpha value is -2.93. The van der Waals surface area contributed by atoms with Crippen LogP contribution in [0.15, 0.2) is 48.5 Å². The van der Waals surface area contributed by atoms with E-state index in [4.69, 9.17) is 9.47 Å². The minimum Gasteiger partial charge on any atom is -0.465 e. The topological polar surface area (TPSA) is 67.9 Å². The van der Waals surface area contributed by atoms with Gasteiger partial charge in [0.25, 0.3) is 0 Å². The first-order valence-corrected chi connectivity index (χ1v) is 10.3. The molecule has 1 N–H and O–H groups in total. The number of nitrogens with zero attached hydrogens (tertiary/aromatic N) is 1. The number of halogens is 1. The first-order chi connectivity index (χ1) is 14.7. The Labute approximate surface area is 182 Å². The van der Waals surface area contributed by atoms with Crippen LogP contribution in [0.5, 0.6) is 0 Å².